The summed E-state index contributed by atoms with van der Waals surface area (Å²) in [5.41, 5.74) is 5.45. The van der Waals surface area contributed by atoms with Crippen LogP contribution < -0.4 is 5.32 Å². The topological polar surface area (TPSA) is 79.4 Å². The predicted octanol–water partition coefficient (Wildman–Crippen LogP) is 4.77. The Kier molecular flexibility index (Phi) is 6.46. The monoisotopic (exact) mass is 469 g/mol. The summed E-state index contributed by atoms with van der Waals surface area (Å²) in [6.45, 7) is 6.81. The highest BCUT2D eigenvalue weighted by Crippen LogP contribution is 2.32. The highest BCUT2D eigenvalue weighted by molar-refractivity contribution is 7.89. The first-order chi connectivity index (χ1) is 15.3. The molecule has 1 aliphatic heterocycles. The van der Waals surface area contributed by atoms with Crippen LogP contribution in [0.2, 0.25) is 0 Å². The smallest absolute Gasteiger partial charge is 0.243 e. The SMILES string of the molecule is Cc1cc(C)c(-c2csc(NC(=O)C3CCCN(S(=O)(=O)c4ccccc4)C3)n2)c(C)c1. The second-order valence-corrected chi connectivity index (χ2v) is 11.1. The number of piperidine rings is 1. The van der Waals surface area contributed by atoms with E-state index in [4.69, 9.17) is 0 Å². The van der Waals surface area contributed by atoms with Crippen LogP contribution in [0, 0.1) is 26.7 Å². The molecule has 32 heavy (non-hydrogen) atoms. The summed E-state index contributed by atoms with van der Waals surface area (Å²) in [5, 5.41) is 5.40. The molecular formula is C24H27N3O3S2. The number of carbonyl (C=O) groups excluding carboxylic acids is 1. The molecule has 1 fully saturated rings. The van der Waals surface area contributed by atoms with E-state index in [2.05, 4.69) is 43.2 Å². The number of rotatable bonds is 5. The number of nitrogens with zero attached hydrogens (tertiary/aromatic N) is 2. The van der Waals surface area contributed by atoms with E-state index in [1.807, 2.05) is 5.38 Å². The van der Waals surface area contributed by atoms with Gasteiger partial charge in [-0.25, -0.2) is 13.4 Å². The molecule has 3 aromatic rings. The first-order valence-corrected chi connectivity index (χ1v) is 13.0. The number of anilines is 1. The Hall–Kier alpha value is -2.55. The molecule has 0 aliphatic carbocycles. The van der Waals surface area contributed by atoms with Gasteiger partial charge in [-0.2, -0.15) is 4.31 Å². The molecule has 8 heteroatoms. The van der Waals surface area contributed by atoms with Gasteiger partial charge < -0.3 is 5.32 Å². The molecule has 168 valence electrons. The molecule has 1 aromatic heterocycles. The lowest BCUT2D eigenvalue weighted by Gasteiger charge is -2.31. The molecule has 1 amide bonds. The molecule has 2 heterocycles. The fourth-order valence-corrected chi connectivity index (χ4v) is 6.60. The molecule has 1 atom stereocenters. The highest BCUT2D eigenvalue weighted by Gasteiger charge is 2.33. The highest BCUT2D eigenvalue weighted by atomic mass is 32.2. The summed E-state index contributed by atoms with van der Waals surface area (Å²) in [4.78, 5) is 17.8. The zero-order valence-electron chi connectivity index (χ0n) is 18.5. The molecule has 0 bridgehead atoms. The van der Waals surface area contributed by atoms with Gasteiger partial charge >= 0.3 is 0 Å². The predicted molar refractivity (Wildman–Crippen MR) is 128 cm³/mol. The Balaban J connectivity index is 1.47. The van der Waals surface area contributed by atoms with Crippen molar-refractivity contribution in [1.29, 1.82) is 0 Å². The van der Waals surface area contributed by atoms with E-state index in [1.165, 1.54) is 21.2 Å². The molecule has 1 aliphatic rings. The number of sulfonamides is 1. The molecule has 1 unspecified atom stereocenters. The van der Waals surface area contributed by atoms with Crippen LogP contribution in [0.3, 0.4) is 0 Å². The van der Waals surface area contributed by atoms with Crippen molar-refractivity contribution >= 4 is 32.4 Å². The lowest BCUT2D eigenvalue weighted by molar-refractivity contribution is -0.120. The lowest BCUT2D eigenvalue weighted by Crippen LogP contribution is -2.43. The van der Waals surface area contributed by atoms with Crippen LogP contribution >= 0.6 is 11.3 Å². The van der Waals surface area contributed by atoms with Crippen molar-refractivity contribution in [3.8, 4) is 11.3 Å². The van der Waals surface area contributed by atoms with Crippen molar-refractivity contribution in [3.05, 3.63) is 64.5 Å². The molecule has 0 saturated carbocycles. The third-order valence-electron chi connectivity index (χ3n) is 5.80. The maximum atomic E-state index is 12.9. The third-order valence-corrected chi connectivity index (χ3v) is 8.44. The molecule has 2 aromatic carbocycles. The maximum absolute atomic E-state index is 12.9. The van der Waals surface area contributed by atoms with E-state index in [1.54, 1.807) is 30.3 Å². The van der Waals surface area contributed by atoms with Gasteiger partial charge in [0.25, 0.3) is 0 Å². The van der Waals surface area contributed by atoms with Gasteiger partial charge in [0.2, 0.25) is 15.9 Å². The Morgan fingerprint density at radius 1 is 1.12 bits per heavy atom. The van der Waals surface area contributed by atoms with Crippen molar-refractivity contribution in [2.75, 3.05) is 18.4 Å². The van der Waals surface area contributed by atoms with E-state index in [0.717, 1.165) is 22.4 Å². The Morgan fingerprint density at radius 2 is 1.81 bits per heavy atom. The summed E-state index contributed by atoms with van der Waals surface area (Å²) in [6, 6.07) is 12.6. The van der Waals surface area contributed by atoms with Gasteiger partial charge in [-0.1, -0.05) is 35.9 Å². The number of aromatic nitrogens is 1. The average Bonchev–Trinajstić information content (AvgIpc) is 3.21. The second-order valence-electron chi connectivity index (χ2n) is 8.32. The van der Waals surface area contributed by atoms with Gasteiger partial charge in [-0.15, -0.1) is 11.3 Å². The van der Waals surface area contributed by atoms with E-state index in [-0.39, 0.29) is 17.3 Å². The maximum Gasteiger partial charge on any atom is 0.243 e. The number of hydrogen-bond donors (Lipinski definition) is 1. The minimum Gasteiger partial charge on any atom is -0.302 e. The van der Waals surface area contributed by atoms with Crippen molar-refractivity contribution in [3.63, 3.8) is 0 Å². The van der Waals surface area contributed by atoms with Crippen LogP contribution in [0.15, 0.2) is 52.7 Å². The van der Waals surface area contributed by atoms with Crippen LogP contribution in [0.4, 0.5) is 5.13 Å². The molecule has 0 spiro atoms. The number of amides is 1. The van der Waals surface area contributed by atoms with Gasteiger partial charge in [0.15, 0.2) is 5.13 Å². The summed E-state index contributed by atoms with van der Waals surface area (Å²) in [5.74, 6) is -0.589. The normalized spacial score (nSPS) is 17.3. The average molecular weight is 470 g/mol. The Labute approximate surface area is 193 Å². The number of carbonyl (C=O) groups is 1. The number of benzene rings is 2. The first-order valence-electron chi connectivity index (χ1n) is 10.7. The summed E-state index contributed by atoms with van der Waals surface area (Å²) in [6.07, 6.45) is 1.30. The summed E-state index contributed by atoms with van der Waals surface area (Å²) >= 11 is 1.39. The van der Waals surface area contributed by atoms with Crippen LogP contribution in [0.1, 0.15) is 29.5 Å². The van der Waals surface area contributed by atoms with Crippen molar-refractivity contribution in [2.45, 2.75) is 38.5 Å². The molecule has 1 saturated heterocycles. The molecular weight excluding hydrogens is 442 g/mol. The summed E-state index contributed by atoms with van der Waals surface area (Å²) < 4.78 is 27.3. The van der Waals surface area contributed by atoms with Crippen molar-refractivity contribution in [1.82, 2.24) is 9.29 Å². The molecule has 0 radical (unpaired) electrons. The standard InChI is InChI=1S/C24H27N3O3S2/c1-16-12-17(2)22(18(3)13-16)21-15-31-24(25-21)26-23(28)19-8-7-11-27(14-19)32(29,30)20-9-5-4-6-10-20/h4-6,9-10,12-13,15,19H,7-8,11,14H2,1-3H3,(H,25,26,28). The quantitative estimate of drug-likeness (QED) is 0.583. The molecule has 6 nitrogen and oxygen atoms in total. The second kappa shape index (κ2) is 9.13. The molecule has 1 N–H and O–H groups in total. The largest absolute Gasteiger partial charge is 0.302 e. The minimum absolute atomic E-state index is 0.178. The number of aryl methyl sites for hydroxylation is 3. The van der Waals surface area contributed by atoms with E-state index >= 15 is 0 Å². The van der Waals surface area contributed by atoms with E-state index in [0.29, 0.717) is 24.5 Å². The number of thiazole rings is 1. The Bertz CT molecular complexity index is 1210. The van der Waals surface area contributed by atoms with Gasteiger partial charge in [0.05, 0.1) is 16.5 Å². The van der Waals surface area contributed by atoms with Gasteiger partial charge in [0, 0.05) is 24.0 Å². The van der Waals surface area contributed by atoms with Gasteiger partial charge in [0.1, 0.15) is 0 Å². The number of nitrogens with one attached hydrogen (secondary N) is 1. The van der Waals surface area contributed by atoms with Crippen LogP contribution in [-0.4, -0.2) is 36.7 Å². The first kappa shape index (κ1) is 22.6. The zero-order chi connectivity index (χ0) is 22.9. The van der Waals surface area contributed by atoms with Gasteiger partial charge in [-0.3, -0.25) is 4.79 Å². The molecule has 4 rings (SSSR count). The Morgan fingerprint density at radius 3 is 2.50 bits per heavy atom. The fourth-order valence-electron chi connectivity index (χ4n) is 4.35. The zero-order valence-corrected chi connectivity index (χ0v) is 20.1. The number of hydrogen-bond acceptors (Lipinski definition) is 5. The fraction of sp³-hybridized carbons (Fsp3) is 0.333. The lowest BCUT2D eigenvalue weighted by atomic mass is 9.98. The van der Waals surface area contributed by atoms with Crippen LogP contribution in [0.5, 0.6) is 0 Å². The third kappa shape index (κ3) is 4.62. The van der Waals surface area contributed by atoms with E-state index < -0.39 is 15.9 Å². The summed E-state index contributed by atoms with van der Waals surface area (Å²) in [7, 11) is -3.61. The van der Waals surface area contributed by atoms with Crippen LogP contribution in [0.25, 0.3) is 11.3 Å². The van der Waals surface area contributed by atoms with E-state index in [9.17, 15) is 13.2 Å². The van der Waals surface area contributed by atoms with Gasteiger partial charge in [-0.05, 0) is 56.9 Å². The minimum atomic E-state index is -3.61. The van der Waals surface area contributed by atoms with Crippen molar-refractivity contribution < 1.29 is 13.2 Å². The van der Waals surface area contributed by atoms with Crippen molar-refractivity contribution in [2.24, 2.45) is 5.92 Å². The van der Waals surface area contributed by atoms with Crippen LogP contribution in [-0.2, 0) is 14.8 Å².